The van der Waals surface area contributed by atoms with Gasteiger partial charge in [-0.2, -0.15) is 13.2 Å². The molecule has 0 saturated carbocycles. The number of hydrogen-bond donors (Lipinski definition) is 1. The van der Waals surface area contributed by atoms with Crippen molar-refractivity contribution in [3.63, 3.8) is 0 Å². The van der Waals surface area contributed by atoms with Crippen LogP contribution in [0.4, 0.5) is 24.5 Å². The summed E-state index contributed by atoms with van der Waals surface area (Å²) in [5.74, 6) is -0.401. The lowest BCUT2D eigenvalue weighted by molar-refractivity contribution is -0.137. The Morgan fingerprint density at radius 3 is 2.50 bits per heavy atom. The van der Waals surface area contributed by atoms with E-state index in [9.17, 15) is 18.0 Å². The van der Waals surface area contributed by atoms with Gasteiger partial charge in [-0.25, -0.2) is 0 Å². The Morgan fingerprint density at radius 1 is 1.14 bits per heavy atom. The van der Waals surface area contributed by atoms with Crippen LogP contribution in [0.15, 0.2) is 36.5 Å². The number of likely N-dealkylation sites (N-methyl/N-ethyl adjacent to an activating group) is 1. The molecule has 150 valence electrons. The maximum Gasteiger partial charge on any atom is 0.416 e. The van der Waals surface area contributed by atoms with E-state index in [1.54, 1.807) is 0 Å². The first-order valence-corrected chi connectivity index (χ1v) is 9.08. The number of pyridine rings is 1. The molecule has 2 heterocycles. The second-order valence-electron chi connectivity index (χ2n) is 7.05. The van der Waals surface area contributed by atoms with Crippen molar-refractivity contribution >= 4 is 17.3 Å². The Hall–Kier alpha value is -2.61. The number of aryl methyl sites for hydroxylation is 1. The van der Waals surface area contributed by atoms with E-state index in [0.717, 1.165) is 55.8 Å². The molecule has 0 aliphatic carbocycles. The molecule has 0 bridgehead atoms. The van der Waals surface area contributed by atoms with Crippen LogP contribution in [0, 0.1) is 6.92 Å². The van der Waals surface area contributed by atoms with Gasteiger partial charge in [0.25, 0.3) is 0 Å². The van der Waals surface area contributed by atoms with Gasteiger partial charge in [0.1, 0.15) is 0 Å². The second-order valence-corrected chi connectivity index (χ2v) is 7.05. The first kappa shape index (κ1) is 20.1. The Bertz CT molecular complexity index is 846. The number of amides is 1. The summed E-state index contributed by atoms with van der Waals surface area (Å²) >= 11 is 0. The highest BCUT2D eigenvalue weighted by molar-refractivity contribution is 5.93. The Labute approximate surface area is 162 Å². The first-order chi connectivity index (χ1) is 13.2. The average molecular weight is 392 g/mol. The minimum absolute atomic E-state index is 0.0824. The van der Waals surface area contributed by atoms with Crippen LogP contribution in [-0.4, -0.2) is 49.0 Å². The number of alkyl halides is 3. The predicted octanol–water partition coefficient (Wildman–Crippen LogP) is 3.34. The van der Waals surface area contributed by atoms with Crippen LogP contribution < -0.4 is 10.2 Å². The van der Waals surface area contributed by atoms with Gasteiger partial charge in [-0.05, 0) is 49.9 Å². The van der Waals surface area contributed by atoms with Crippen molar-refractivity contribution in [2.45, 2.75) is 19.5 Å². The maximum atomic E-state index is 12.8. The normalized spacial score (nSPS) is 15.5. The summed E-state index contributed by atoms with van der Waals surface area (Å²) in [5.41, 5.74) is 1.93. The summed E-state index contributed by atoms with van der Waals surface area (Å²) in [6.07, 6.45) is -3.60. The first-order valence-electron chi connectivity index (χ1n) is 9.08. The minimum Gasteiger partial charge on any atom is -0.369 e. The molecule has 1 saturated heterocycles. The van der Waals surface area contributed by atoms with Crippen LogP contribution in [0.2, 0.25) is 0 Å². The van der Waals surface area contributed by atoms with Crippen LogP contribution in [-0.2, 0) is 17.4 Å². The van der Waals surface area contributed by atoms with Crippen LogP contribution >= 0.6 is 0 Å². The lowest BCUT2D eigenvalue weighted by Gasteiger charge is -2.34. The van der Waals surface area contributed by atoms with Gasteiger partial charge in [0.2, 0.25) is 5.91 Å². The fourth-order valence-electron chi connectivity index (χ4n) is 3.16. The molecule has 3 rings (SSSR count). The van der Waals surface area contributed by atoms with E-state index in [-0.39, 0.29) is 12.1 Å². The molecule has 1 aromatic heterocycles. The summed E-state index contributed by atoms with van der Waals surface area (Å²) in [5, 5.41) is 2.77. The highest BCUT2D eigenvalue weighted by Gasteiger charge is 2.30. The molecule has 1 aromatic carbocycles. The lowest BCUT2D eigenvalue weighted by Crippen LogP contribution is -2.44. The molecule has 28 heavy (non-hydrogen) atoms. The topological polar surface area (TPSA) is 48.5 Å². The van der Waals surface area contributed by atoms with E-state index < -0.39 is 17.6 Å². The van der Waals surface area contributed by atoms with Crippen molar-refractivity contribution in [2.75, 3.05) is 43.4 Å². The third kappa shape index (κ3) is 5.01. The molecule has 5 nitrogen and oxygen atoms in total. The second kappa shape index (κ2) is 8.18. The molecule has 1 aliphatic rings. The monoisotopic (exact) mass is 392 g/mol. The zero-order valence-electron chi connectivity index (χ0n) is 15.9. The van der Waals surface area contributed by atoms with Crippen molar-refractivity contribution < 1.29 is 18.0 Å². The maximum absolute atomic E-state index is 12.8. The molecule has 1 amide bonds. The van der Waals surface area contributed by atoms with Crippen molar-refractivity contribution in [3.05, 3.63) is 53.3 Å². The van der Waals surface area contributed by atoms with Gasteiger partial charge in [0.05, 0.1) is 17.7 Å². The number of anilines is 2. The number of piperazine rings is 1. The van der Waals surface area contributed by atoms with E-state index >= 15 is 0 Å². The van der Waals surface area contributed by atoms with Crippen molar-refractivity contribution in [1.82, 2.24) is 9.88 Å². The largest absolute Gasteiger partial charge is 0.416 e. The SMILES string of the molecule is Cc1cc(N2CCN(C)CC2)ccc1NC(=O)Cc1cc(C(F)(F)F)ccn1. The van der Waals surface area contributed by atoms with Gasteiger partial charge in [-0.1, -0.05) is 0 Å². The standard InChI is InChI=1S/C20H23F3N4O/c1-14-11-17(27-9-7-26(2)8-10-27)3-4-18(14)25-19(28)13-16-12-15(5-6-24-16)20(21,22)23/h3-6,11-12H,7-10,13H2,1-2H3,(H,25,28). The number of carbonyl (C=O) groups excluding carboxylic acids is 1. The number of nitrogens with zero attached hydrogens (tertiary/aromatic N) is 3. The molecule has 0 spiro atoms. The van der Waals surface area contributed by atoms with Gasteiger partial charge >= 0.3 is 6.18 Å². The lowest BCUT2D eigenvalue weighted by atomic mass is 10.1. The summed E-state index contributed by atoms with van der Waals surface area (Å²) in [6, 6.07) is 7.60. The number of aromatic nitrogens is 1. The number of carbonyl (C=O) groups is 1. The Kier molecular flexibility index (Phi) is 5.88. The number of rotatable bonds is 4. The third-order valence-electron chi connectivity index (χ3n) is 4.84. The fourth-order valence-corrected chi connectivity index (χ4v) is 3.16. The predicted molar refractivity (Wildman–Crippen MR) is 102 cm³/mol. The zero-order chi connectivity index (χ0) is 20.3. The van der Waals surface area contributed by atoms with Gasteiger partial charge in [-0.15, -0.1) is 0 Å². The van der Waals surface area contributed by atoms with E-state index in [1.807, 2.05) is 25.1 Å². The zero-order valence-corrected chi connectivity index (χ0v) is 15.9. The summed E-state index contributed by atoms with van der Waals surface area (Å²) in [7, 11) is 2.10. The van der Waals surface area contributed by atoms with Gasteiger partial charge < -0.3 is 15.1 Å². The number of benzene rings is 1. The summed E-state index contributed by atoms with van der Waals surface area (Å²) in [6.45, 7) is 5.80. The van der Waals surface area contributed by atoms with E-state index in [2.05, 4.69) is 27.1 Å². The van der Waals surface area contributed by atoms with Crippen LogP contribution in [0.5, 0.6) is 0 Å². The smallest absolute Gasteiger partial charge is 0.369 e. The molecule has 1 aliphatic heterocycles. The average Bonchev–Trinajstić information content (AvgIpc) is 2.63. The molecule has 0 atom stereocenters. The molecule has 8 heteroatoms. The summed E-state index contributed by atoms with van der Waals surface area (Å²) in [4.78, 5) is 20.7. The quantitative estimate of drug-likeness (QED) is 0.867. The summed E-state index contributed by atoms with van der Waals surface area (Å²) < 4.78 is 38.3. The molecule has 0 radical (unpaired) electrons. The molecule has 2 aromatic rings. The van der Waals surface area contributed by atoms with Gasteiger partial charge in [0.15, 0.2) is 0 Å². The van der Waals surface area contributed by atoms with Crippen LogP contribution in [0.25, 0.3) is 0 Å². The van der Waals surface area contributed by atoms with Crippen LogP contribution in [0.3, 0.4) is 0 Å². The molecular formula is C20H23F3N4O. The fraction of sp³-hybridized carbons (Fsp3) is 0.400. The van der Waals surface area contributed by atoms with Crippen LogP contribution in [0.1, 0.15) is 16.8 Å². The van der Waals surface area contributed by atoms with E-state index in [4.69, 9.17) is 0 Å². The van der Waals surface area contributed by atoms with Crippen molar-refractivity contribution in [2.24, 2.45) is 0 Å². The molecule has 0 unspecified atom stereocenters. The van der Waals surface area contributed by atoms with E-state index in [0.29, 0.717) is 5.69 Å². The van der Waals surface area contributed by atoms with Gasteiger partial charge in [-0.3, -0.25) is 9.78 Å². The van der Waals surface area contributed by atoms with Crippen molar-refractivity contribution in [3.8, 4) is 0 Å². The molecule has 1 N–H and O–H groups in total. The number of nitrogens with one attached hydrogen (secondary N) is 1. The van der Waals surface area contributed by atoms with Gasteiger partial charge in [0, 0.05) is 43.8 Å². The van der Waals surface area contributed by atoms with Crippen molar-refractivity contribution in [1.29, 1.82) is 0 Å². The third-order valence-corrected chi connectivity index (χ3v) is 4.84. The number of halogens is 3. The van der Waals surface area contributed by atoms with E-state index in [1.165, 1.54) is 0 Å². The Morgan fingerprint density at radius 2 is 1.86 bits per heavy atom. The number of hydrogen-bond acceptors (Lipinski definition) is 4. The highest BCUT2D eigenvalue weighted by atomic mass is 19.4. The minimum atomic E-state index is -4.45. The Balaban J connectivity index is 1.64. The molecule has 1 fully saturated rings. The molecular weight excluding hydrogens is 369 g/mol. The highest BCUT2D eigenvalue weighted by Crippen LogP contribution is 2.29.